The number of hydrogen-bond acceptors (Lipinski definition) is 4. The van der Waals surface area contributed by atoms with E-state index in [0.717, 1.165) is 25.7 Å². The highest BCUT2D eigenvalue weighted by Crippen LogP contribution is 2.37. The van der Waals surface area contributed by atoms with Gasteiger partial charge >= 0.3 is 5.69 Å². The Kier molecular flexibility index (Phi) is 4.01. The average molecular weight is 280 g/mol. The number of nitrogens with one attached hydrogen (secondary N) is 1. The van der Waals surface area contributed by atoms with E-state index in [4.69, 9.17) is 0 Å². The monoisotopic (exact) mass is 280 g/mol. The van der Waals surface area contributed by atoms with Crippen LogP contribution in [0.1, 0.15) is 52.1 Å². The van der Waals surface area contributed by atoms with E-state index >= 15 is 0 Å². The normalized spacial score (nSPS) is 19.0. The molecule has 0 atom stereocenters. The van der Waals surface area contributed by atoms with E-state index in [1.165, 1.54) is 0 Å². The highest BCUT2D eigenvalue weighted by Gasteiger charge is 2.31. The Balaban J connectivity index is 2.17. The van der Waals surface area contributed by atoms with E-state index in [-0.39, 0.29) is 10.6 Å². The van der Waals surface area contributed by atoms with Gasteiger partial charge in [0, 0.05) is 13.1 Å². The van der Waals surface area contributed by atoms with Crippen molar-refractivity contribution in [3.8, 4) is 0 Å². The number of aromatic nitrogens is 2. The van der Waals surface area contributed by atoms with E-state index in [1.54, 1.807) is 11.7 Å². The van der Waals surface area contributed by atoms with Crippen LogP contribution in [-0.2, 0) is 13.5 Å². The van der Waals surface area contributed by atoms with Crippen molar-refractivity contribution in [1.29, 1.82) is 0 Å². The molecule has 1 aromatic rings. The van der Waals surface area contributed by atoms with Gasteiger partial charge in [-0.25, -0.2) is 4.68 Å². The van der Waals surface area contributed by atoms with Crippen molar-refractivity contribution in [2.24, 2.45) is 12.5 Å². The third-order valence-corrected chi connectivity index (χ3v) is 4.29. The van der Waals surface area contributed by atoms with E-state index in [9.17, 15) is 10.1 Å². The number of nitro groups is 1. The van der Waals surface area contributed by atoms with Gasteiger partial charge in [-0.15, -0.1) is 0 Å². The number of nitrogens with zero attached hydrogens (tertiary/aromatic N) is 3. The van der Waals surface area contributed by atoms with Crippen molar-refractivity contribution < 1.29 is 4.92 Å². The van der Waals surface area contributed by atoms with Crippen LogP contribution >= 0.6 is 0 Å². The van der Waals surface area contributed by atoms with Crippen LogP contribution in [0.2, 0.25) is 0 Å². The molecule has 0 saturated heterocycles. The summed E-state index contributed by atoms with van der Waals surface area (Å²) in [5, 5.41) is 18.9. The predicted octanol–water partition coefficient (Wildman–Crippen LogP) is 3.27. The van der Waals surface area contributed by atoms with Gasteiger partial charge in [-0.2, -0.15) is 5.10 Å². The minimum atomic E-state index is -0.319. The number of aryl methyl sites for hydroxylation is 2. The van der Waals surface area contributed by atoms with Gasteiger partial charge in [0.15, 0.2) is 0 Å². The molecular weight excluding hydrogens is 256 g/mol. The first kappa shape index (κ1) is 14.8. The maximum atomic E-state index is 11.3. The lowest BCUT2D eigenvalue weighted by Gasteiger charge is -2.34. The van der Waals surface area contributed by atoms with Gasteiger partial charge in [0.1, 0.15) is 5.69 Å². The molecular formula is C14H24N4O2. The molecule has 1 fully saturated rings. The van der Waals surface area contributed by atoms with Crippen molar-refractivity contribution >= 4 is 11.5 Å². The first-order chi connectivity index (χ1) is 9.34. The molecule has 0 radical (unpaired) electrons. The Morgan fingerprint density at radius 3 is 2.55 bits per heavy atom. The zero-order valence-corrected chi connectivity index (χ0v) is 12.8. The van der Waals surface area contributed by atoms with Crippen molar-refractivity contribution in [2.75, 3.05) is 5.32 Å². The summed E-state index contributed by atoms with van der Waals surface area (Å²) in [4.78, 5) is 11.0. The van der Waals surface area contributed by atoms with Crippen LogP contribution in [0.4, 0.5) is 11.5 Å². The summed E-state index contributed by atoms with van der Waals surface area (Å²) < 4.78 is 1.61. The summed E-state index contributed by atoms with van der Waals surface area (Å²) in [6.45, 7) is 6.46. The minimum absolute atomic E-state index is 0.139. The molecule has 2 rings (SSSR count). The van der Waals surface area contributed by atoms with Crippen molar-refractivity contribution in [2.45, 2.75) is 58.9 Å². The molecule has 0 aliphatic heterocycles. The standard InChI is InChI=1S/C14H24N4O2/c1-5-11-12(18(19)20)13(17(4)16-11)15-10-6-8-14(2,3)9-7-10/h10,15H,5-9H2,1-4H3. The molecule has 0 amide bonds. The lowest BCUT2D eigenvalue weighted by Crippen LogP contribution is -2.30. The van der Waals surface area contributed by atoms with E-state index in [1.807, 2.05) is 6.92 Å². The summed E-state index contributed by atoms with van der Waals surface area (Å²) in [7, 11) is 1.77. The topological polar surface area (TPSA) is 73.0 Å². The Morgan fingerprint density at radius 1 is 1.45 bits per heavy atom. The molecule has 1 N–H and O–H groups in total. The van der Waals surface area contributed by atoms with Crippen LogP contribution in [0.3, 0.4) is 0 Å². The average Bonchev–Trinajstić information content (AvgIpc) is 2.69. The van der Waals surface area contributed by atoms with E-state index in [2.05, 4.69) is 24.3 Å². The van der Waals surface area contributed by atoms with Crippen LogP contribution in [0.5, 0.6) is 0 Å². The summed E-state index contributed by atoms with van der Waals surface area (Å²) in [5.41, 5.74) is 1.08. The summed E-state index contributed by atoms with van der Waals surface area (Å²) in [6.07, 6.45) is 4.98. The fourth-order valence-corrected chi connectivity index (χ4v) is 2.90. The highest BCUT2D eigenvalue weighted by molar-refractivity contribution is 5.60. The van der Waals surface area contributed by atoms with Crippen LogP contribution in [0, 0.1) is 15.5 Å². The lowest BCUT2D eigenvalue weighted by atomic mass is 9.75. The fraction of sp³-hybridized carbons (Fsp3) is 0.786. The predicted molar refractivity (Wildman–Crippen MR) is 78.9 cm³/mol. The first-order valence-corrected chi connectivity index (χ1v) is 7.31. The molecule has 1 aliphatic rings. The second kappa shape index (κ2) is 5.42. The molecule has 0 spiro atoms. The summed E-state index contributed by atoms with van der Waals surface area (Å²) >= 11 is 0. The fourth-order valence-electron chi connectivity index (χ4n) is 2.90. The second-order valence-corrected chi connectivity index (χ2v) is 6.46. The molecule has 1 saturated carbocycles. The molecule has 6 nitrogen and oxygen atoms in total. The van der Waals surface area contributed by atoms with Crippen LogP contribution in [0.15, 0.2) is 0 Å². The SMILES string of the molecule is CCc1nn(C)c(NC2CCC(C)(C)CC2)c1[N+](=O)[O-]. The van der Waals surface area contributed by atoms with Crippen molar-refractivity contribution in [3.63, 3.8) is 0 Å². The van der Waals surface area contributed by atoms with Gasteiger partial charge in [-0.3, -0.25) is 10.1 Å². The molecule has 1 heterocycles. The lowest BCUT2D eigenvalue weighted by molar-refractivity contribution is -0.384. The Bertz CT molecular complexity index is 498. The second-order valence-electron chi connectivity index (χ2n) is 6.46. The number of rotatable bonds is 4. The Hall–Kier alpha value is -1.59. The summed E-state index contributed by atoms with van der Waals surface area (Å²) in [6, 6.07) is 0.307. The number of anilines is 1. The van der Waals surface area contributed by atoms with E-state index in [0.29, 0.717) is 29.4 Å². The van der Waals surface area contributed by atoms with Crippen LogP contribution < -0.4 is 5.32 Å². The van der Waals surface area contributed by atoms with Crippen molar-refractivity contribution in [1.82, 2.24) is 9.78 Å². The largest absolute Gasteiger partial charge is 0.362 e. The molecule has 0 aromatic carbocycles. The van der Waals surface area contributed by atoms with Gasteiger partial charge in [-0.05, 0) is 37.5 Å². The maximum absolute atomic E-state index is 11.3. The van der Waals surface area contributed by atoms with Gasteiger partial charge in [0.2, 0.25) is 5.82 Å². The first-order valence-electron chi connectivity index (χ1n) is 7.31. The molecule has 0 bridgehead atoms. The van der Waals surface area contributed by atoms with Crippen LogP contribution in [0.25, 0.3) is 0 Å². The zero-order valence-electron chi connectivity index (χ0n) is 12.8. The molecule has 112 valence electrons. The molecule has 1 aliphatic carbocycles. The molecule has 0 unspecified atom stereocenters. The van der Waals surface area contributed by atoms with Gasteiger partial charge in [-0.1, -0.05) is 20.8 Å². The third-order valence-electron chi connectivity index (χ3n) is 4.29. The molecule has 6 heteroatoms. The zero-order chi connectivity index (χ0) is 14.9. The highest BCUT2D eigenvalue weighted by atomic mass is 16.6. The van der Waals surface area contributed by atoms with Gasteiger partial charge in [0.25, 0.3) is 0 Å². The third kappa shape index (κ3) is 2.94. The molecule has 20 heavy (non-hydrogen) atoms. The smallest absolute Gasteiger partial charge is 0.333 e. The quantitative estimate of drug-likeness (QED) is 0.678. The minimum Gasteiger partial charge on any atom is -0.362 e. The number of hydrogen-bond donors (Lipinski definition) is 1. The van der Waals surface area contributed by atoms with Crippen molar-refractivity contribution in [3.05, 3.63) is 15.8 Å². The Labute approximate surface area is 119 Å². The van der Waals surface area contributed by atoms with E-state index < -0.39 is 0 Å². The Morgan fingerprint density at radius 2 is 2.05 bits per heavy atom. The van der Waals surface area contributed by atoms with Gasteiger partial charge < -0.3 is 5.32 Å². The maximum Gasteiger partial charge on any atom is 0.333 e. The molecule has 1 aromatic heterocycles. The summed E-state index contributed by atoms with van der Waals surface area (Å²) in [5.74, 6) is 0.552. The van der Waals surface area contributed by atoms with Crippen LogP contribution in [-0.4, -0.2) is 20.7 Å². The van der Waals surface area contributed by atoms with Gasteiger partial charge in [0.05, 0.1) is 4.92 Å².